The highest BCUT2D eigenvalue weighted by Gasteiger charge is 2.25. The Morgan fingerprint density at radius 1 is 1.35 bits per heavy atom. The van der Waals surface area contributed by atoms with Crippen LogP contribution in [0.15, 0.2) is 35.7 Å². The van der Waals surface area contributed by atoms with Crippen LogP contribution in [0.2, 0.25) is 0 Å². The molecule has 1 atom stereocenters. The van der Waals surface area contributed by atoms with Crippen molar-refractivity contribution in [2.24, 2.45) is 7.05 Å². The Hall–Kier alpha value is -2.08. The lowest BCUT2D eigenvalue weighted by Crippen LogP contribution is -2.25. The Balaban J connectivity index is 1.78. The number of ketones is 1. The Kier molecular flexibility index (Phi) is 4.26. The lowest BCUT2D eigenvalue weighted by molar-refractivity contribution is -0.116. The SMILES string of the molecule is CC(=O)N1CCc2cc(C(=O)[C@@H](C)Sc3nccn3C)ccc21. The molecule has 0 N–H and O–H groups in total. The summed E-state index contributed by atoms with van der Waals surface area (Å²) in [6.07, 6.45) is 4.40. The fourth-order valence-corrected chi connectivity index (χ4v) is 3.70. The van der Waals surface area contributed by atoms with E-state index in [0.29, 0.717) is 12.1 Å². The number of imidazole rings is 1. The quantitative estimate of drug-likeness (QED) is 0.639. The van der Waals surface area contributed by atoms with Crippen LogP contribution in [-0.2, 0) is 18.3 Å². The molecule has 6 heteroatoms. The second kappa shape index (κ2) is 6.20. The van der Waals surface area contributed by atoms with Gasteiger partial charge in [0, 0.05) is 44.2 Å². The minimum Gasteiger partial charge on any atom is -0.329 e. The summed E-state index contributed by atoms with van der Waals surface area (Å²) in [5, 5.41) is 0.620. The minimum atomic E-state index is -0.209. The number of amides is 1. The molecule has 0 fully saturated rings. The van der Waals surface area contributed by atoms with Gasteiger partial charge in [0.15, 0.2) is 10.9 Å². The first-order chi connectivity index (χ1) is 11.0. The van der Waals surface area contributed by atoms with Crippen molar-refractivity contribution in [2.75, 3.05) is 11.4 Å². The average Bonchev–Trinajstić information content (AvgIpc) is 3.12. The van der Waals surface area contributed by atoms with Crippen LogP contribution in [0.3, 0.4) is 0 Å². The monoisotopic (exact) mass is 329 g/mol. The van der Waals surface area contributed by atoms with Gasteiger partial charge in [-0.2, -0.15) is 0 Å². The number of fused-ring (bicyclic) bond motifs is 1. The molecule has 0 bridgehead atoms. The van der Waals surface area contributed by atoms with Crippen LogP contribution in [0.1, 0.15) is 29.8 Å². The third-order valence-electron chi connectivity index (χ3n) is 4.07. The topological polar surface area (TPSA) is 55.2 Å². The third-order valence-corrected chi connectivity index (χ3v) is 5.24. The molecule has 3 rings (SSSR count). The van der Waals surface area contributed by atoms with Crippen molar-refractivity contribution >= 4 is 29.1 Å². The zero-order valence-electron chi connectivity index (χ0n) is 13.4. The van der Waals surface area contributed by atoms with E-state index in [-0.39, 0.29) is 16.9 Å². The summed E-state index contributed by atoms with van der Waals surface area (Å²) in [5.74, 6) is 0.128. The molecule has 1 aliphatic rings. The second-order valence-corrected chi connectivity index (χ2v) is 7.02. The van der Waals surface area contributed by atoms with Crippen LogP contribution in [0.4, 0.5) is 5.69 Å². The lowest BCUT2D eigenvalue weighted by atomic mass is 10.0. The number of Topliss-reactive ketones (excluding diaryl/α,β-unsaturated/α-hetero) is 1. The zero-order valence-corrected chi connectivity index (χ0v) is 14.3. The van der Waals surface area contributed by atoms with Gasteiger partial charge in [-0.25, -0.2) is 4.98 Å². The molecule has 0 unspecified atom stereocenters. The van der Waals surface area contributed by atoms with Gasteiger partial charge in [-0.1, -0.05) is 11.8 Å². The number of nitrogens with zero attached hydrogens (tertiary/aromatic N) is 3. The largest absolute Gasteiger partial charge is 0.329 e. The van der Waals surface area contributed by atoms with E-state index in [1.54, 1.807) is 18.0 Å². The van der Waals surface area contributed by atoms with Gasteiger partial charge in [-0.05, 0) is 37.1 Å². The number of benzene rings is 1. The van der Waals surface area contributed by atoms with E-state index >= 15 is 0 Å². The Morgan fingerprint density at radius 3 is 2.78 bits per heavy atom. The van der Waals surface area contributed by atoms with Gasteiger partial charge in [0.25, 0.3) is 0 Å². The van der Waals surface area contributed by atoms with Crippen LogP contribution in [0.25, 0.3) is 0 Å². The van der Waals surface area contributed by atoms with Gasteiger partial charge >= 0.3 is 0 Å². The third kappa shape index (κ3) is 3.03. The highest BCUT2D eigenvalue weighted by Crippen LogP contribution is 2.30. The number of carbonyl (C=O) groups is 2. The van der Waals surface area contributed by atoms with E-state index < -0.39 is 0 Å². The molecule has 1 aromatic carbocycles. The fraction of sp³-hybridized carbons (Fsp3) is 0.353. The summed E-state index contributed by atoms with van der Waals surface area (Å²) in [6.45, 7) is 4.16. The van der Waals surface area contributed by atoms with Gasteiger partial charge in [-0.3, -0.25) is 9.59 Å². The second-order valence-electron chi connectivity index (χ2n) is 5.71. The zero-order chi connectivity index (χ0) is 16.6. The van der Waals surface area contributed by atoms with Crippen LogP contribution in [0, 0.1) is 0 Å². The van der Waals surface area contributed by atoms with Crippen molar-refractivity contribution in [3.63, 3.8) is 0 Å². The molecule has 5 nitrogen and oxygen atoms in total. The molecule has 2 aromatic rings. The van der Waals surface area contributed by atoms with Gasteiger partial charge in [0.2, 0.25) is 5.91 Å². The van der Waals surface area contributed by atoms with Gasteiger partial charge in [0.05, 0.1) is 5.25 Å². The Morgan fingerprint density at radius 2 is 2.13 bits per heavy atom. The summed E-state index contributed by atoms with van der Waals surface area (Å²) < 4.78 is 1.90. The maximum Gasteiger partial charge on any atom is 0.223 e. The number of anilines is 1. The van der Waals surface area contributed by atoms with Crippen molar-refractivity contribution in [2.45, 2.75) is 30.7 Å². The number of aromatic nitrogens is 2. The number of thioether (sulfide) groups is 1. The maximum atomic E-state index is 12.7. The normalized spacial score (nSPS) is 14.7. The van der Waals surface area contributed by atoms with Crippen molar-refractivity contribution in [3.8, 4) is 0 Å². The van der Waals surface area contributed by atoms with Crippen molar-refractivity contribution in [1.82, 2.24) is 9.55 Å². The molecule has 1 amide bonds. The Labute approximate surface area is 139 Å². The van der Waals surface area contributed by atoms with Crippen LogP contribution in [0.5, 0.6) is 0 Å². The smallest absolute Gasteiger partial charge is 0.223 e. The molecule has 23 heavy (non-hydrogen) atoms. The van der Waals surface area contributed by atoms with Crippen molar-refractivity contribution in [3.05, 3.63) is 41.7 Å². The molecule has 0 saturated carbocycles. The lowest BCUT2D eigenvalue weighted by Gasteiger charge is -2.15. The standard InChI is InChI=1S/C17H19N3O2S/c1-11(23-17-18-7-9-19(17)3)16(22)14-4-5-15-13(10-14)6-8-20(15)12(2)21/h4-5,7,9-11H,6,8H2,1-3H3/t11-/m1/s1. The van der Waals surface area contributed by atoms with Crippen LogP contribution in [-0.4, -0.2) is 33.0 Å². The number of hydrogen-bond acceptors (Lipinski definition) is 4. The molecule has 1 aromatic heterocycles. The summed E-state index contributed by atoms with van der Waals surface area (Å²) in [7, 11) is 1.91. The van der Waals surface area contributed by atoms with E-state index in [2.05, 4.69) is 4.98 Å². The number of hydrogen-bond donors (Lipinski definition) is 0. The highest BCUT2D eigenvalue weighted by molar-refractivity contribution is 8.00. The van der Waals surface area contributed by atoms with Crippen LogP contribution >= 0.6 is 11.8 Å². The molecule has 2 heterocycles. The molecular weight excluding hydrogens is 310 g/mol. The molecule has 1 aliphatic heterocycles. The van der Waals surface area contributed by atoms with Gasteiger partial charge in [0.1, 0.15) is 0 Å². The van der Waals surface area contributed by atoms with E-state index in [4.69, 9.17) is 0 Å². The van der Waals surface area contributed by atoms with E-state index in [1.165, 1.54) is 11.8 Å². The number of rotatable bonds is 4. The first-order valence-electron chi connectivity index (χ1n) is 7.56. The Bertz CT molecular complexity index is 769. The van der Waals surface area contributed by atoms with Crippen molar-refractivity contribution < 1.29 is 9.59 Å². The summed E-state index contributed by atoms with van der Waals surface area (Å²) in [6, 6.07) is 5.63. The van der Waals surface area contributed by atoms with Crippen molar-refractivity contribution in [1.29, 1.82) is 0 Å². The summed E-state index contributed by atoms with van der Waals surface area (Å²) in [5.41, 5.74) is 2.70. The van der Waals surface area contributed by atoms with Crippen LogP contribution < -0.4 is 4.90 Å². The summed E-state index contributed by atoms with van der Waals surface area (Å²) in [4.78, 5) is 30.3. The molecule has 0 radical (unpaired) electrons. The number of aryl methyl sites for hydroxylation is 1. The van der Waals surface area contributed by atoms with Gasteiger partial charge in [-0.15, -0.1) is 0 Å². The fourth-order valence-electron chi connectivity index (χ4n) is 2.79. The molecular formula is C17H19N3O2S. The highest BCUT2D eigenvalue weighted by atomic mass is 32.2. The maximum absolute atomic E-state index is 12.7. The predicted octanol–water partition coefficient (Wildman–Crippen LogP) is 2.69. The predicted molar refractivity (Wildman–Crippen MR) is 91.0 cm³/mol. The van der Waals surface area contributed by atoms with Gasteiger partial charge < -0.3 is 9.47 Å². The number of carbonyl (C=O) groups excluding carboxylic acids is 2. The minimum absolute atomic E-state index is 0.0431. The van der Waals surface area contributed by atoms with E-state index in [9.17, 15) is 9.59 Å². The molecule has 0 saturated heterocycles. The summed E-state index contributed by atoms with van der Waals surface area (Å²) >= 11 is 1.46. The first kappa shape index (κ1) is 15.8. The molecule has 0 spiro atoms. The van der Waals surface area contributed by atoms with E-state index in [1.807, 2.05) is 42.9 Å². The van der Waals surface area contributed by atoms with E-state index in [0.717, 1.165) is 22.8 Å². The molecule has 0 aliphatic carbocycles. The first-order valence-corrected chi connectivity index (χ1v) is 8.44. The average molecular weight is 329 g/mol. The molecule has 120 valence electrons.